The fourth-order valence-electron chi connectivity index (χ4n) is 3.50. The number of rotatable bonds is 9. The molecule has 31 heavy (non-hydrogen) atoms. The van der Waals surface area contributed by atoms with Crippen LogP contribution < -0.4 is 9.47 Å². The highest BCUT2D eigenvalue weighted by atomic mass is 35.5. The number of carbonyl (C=O) groups excluding carboxylic acids is 1. The first-order chi connectivity index (χ1) is 15.0. The van der Waals surface area contributed by atoms with Crippen LogP contribution in [0, 0.1) is 0 Å². The lowest BCUT2D eigenvalue weighted by Gasteiger charge is -2.21. The van der Waals surface area contributed by atoms with Gasteiger partial charge in [0.05, 0.1) is 25.6 Å². The summed E-state index contributed by atoms with van der Waals surface area (Å²) in [5.74, 6) is 1.24. The molecule has 1 aromatic heterocycles. The summed E-state index contributed by atoms with van der Waals surface area (Å²) in [6.07, 6.45) is 1.77. The molecule has 0 saturated carbocycles. The van der Waals surface area contributed by atoms with Gasteiger partial charge in [0.1, 0.15) is 17.2 Å². The normalized spacial score (nSPS) is 10.7. The minimum absolute atomic E-state index is 0.0603. The van der Waals surface area contributed by atoms with Crippen molar-refractivity contribution in [1.29, 1.82) is 0 Å². The zero-order valence-electron chi connectivity index (χ0n) is 18.4. The Morgan fingerprint density at radius 2 is 1.77 bits per heavy atom. The highest BCUT2D eigenvalue weighted by molar-refractivity contribution is 6.30. The van der Waals surface area contributed by atoms with Crippen LogP contribution in [0.4, 0.5) is 0 Å². The molecule has 1 heterocycles. The van der Waals surface area contributed by atoms with E-state index in [-0.39, 0.29) is 5.91 Å². The molecule has 1 amide bonds. The number of aromatic nitrogens is 2. The molecule has 0 spiro atoms. The van der Waals surface area contributed by atoms with Crippen LogP contribution in [-0.4, -0.2) is 47.9 Å². The lowest BCUT2D eigenvalue weighted by Crippen LogP contribution is -2.33. The molecule has 7 heteroatoms. The average Bonchev–Trinajstić information content (AvgIpc) is 3.23. The first-order valence-corrected chi connectivity index (χ1v) is 10.8. The van der Waals surface area contributed by atoms with Crippen molar-refractivity contribution in [2.45, 2.75) is 26.7 Å². The van der Waals surface area contributed by atoms with Gasteiger partial charge in [-0.1, -0.05) is 31.5 Å². The number of ether oxygens (including phenoxy) is 2. The number of methoxy groups -OCH3 is 2. The molecule has 0 aliphatic carbocycles. The van der Waals surface area contributed by atoms with Crippen molar-refractivity contribution in [1.82, 2.24) is 14.7 Å². The zero-order chi connectivity index (χ0) is 22.4. The number of nitrogens with zero attached hydrogens (tertiary/aromatic N) is 3. The molecule has 0 fully saturated rings. The number of benzene rings is 2. The standard InChI is InChI=1S/C24H28ClN3O3/c1-5-12-27(13-6-2)24(29)22-16-21(20-11-10-19(30-3)15-23(20)31-4)26-28(22)18-9-7-8-17(25)14-18/h7-11,14-16H,5-6,12-13H2,1-4H3. The third-order valence-corrected chi connectivity index (χ3v) is 5.18. The molecule has 164 valence electrons. The Balaban J connectivity index is 2.16. The van der Waals surface area contributed by atoms with E-state index in [4.69, 9.17) is 26.2 Å². The molecule has 0 radical (unpaired) electrons. The summed E-state index contributed by atoms with van der Waals surface area (Å²) >= 11 is 6.22. The second-order valence-corrected chi connectivity index (χ2v) is 7.60. The Labute approximate surface area is 188 Å². The quantitative estimate of drug-likeness (QED) is 0.441. The second kappa shape index (κ2) is 10.4. The molecule has 0 bridgehead atoms. The summed E-state index contributed by atoms with van der Waals surface area (Å²) in [4.78, 5) is 15.4. The summed E-state index contributed by atoms with van der Waals surface area (Å²) in [6.45, 7) is 5.51. The Kier molecular flexibility index (Phi) is 7.58. The van der Waals surface area contributed by atoms with E-state index in [0.29, 0.717) is 41.0 Å². The van der Waals surface area contributed by atoms with Crippen LogP contribution in [0.15, 0.2) is 48.5 Å². The van der Waals surface area contributed by atoms with Crippen LogP contribution in [-0.2, 0) is 0 Å². The highest BCUT2D eigenvalue weighted by Gasteiger charge is 2.23. The van der Waals surface area contributed by atoms with Crippen LogP contribution in [0.3, 0.4) is 0 Å². The molecule has 3 rings (SSSR count). The summed E-state index contributed by atoms with van der Waals surface area (Å²) in [5.41, 5.74) is 2.62. The van der Waals surface area contributed by atoms with Crippen LogP contribution >= 0.6 is 11.6 Å². The van der Waals surface area contributed by atoms with Crippen molar-refractivity contribution >= 4 is 17.5 Å². The van der Waals surface area contributed by atoms with Crippen LogP contribution in [0.2, 0.25) is 5.02 Å². The Morgan fingerprint density at radius 3 is 2.39 bits per heavy atom. The molecule has 2 aromatic carbocycles. The lowest BCUT2D eigenvalue weighted by molar-refractivity contribution is 0.0746. The smallest absolute Gasteiger partial charge is 0.272 e. The minimum Gasteiger partial charge on any atom is -0.497 e. The molecular formula is C24H28ClN3O3. The van der Waals surface area contributed by atoms with E-state index in [1.807, 2.05) is 35.2 Å². The molecular weight excluding hydrogens is 414 g/mol. The summed E-state index contributed by atoms with van der Waals surface area (Å²) in [6, 6.07) is 14.7. The van der Waals surface area contributed by atoms with Crippen LogP contribution in [0.5, 0.6) is 11.5 Å². The number of hydrogen-bond donors (Lipinski definition) is 0. The molecule has 3 aromatic rings. The Bertz CT molecular complexity index is 1040. The van der Waals surface area contributed by atoms with Crippen molar-refractivity contribution in [3.8, 4) is 28.4 Å². The number of halogens is 1. The van der Waals surface area contributed by atoms with E-state index in [1.54, 1.807) is 37.1 Å². The topological polar surface area (TPSA) is 56.6 Å². The van der Waals surface area contributed by atoms with Gasteiger partial charge >= 0.3 is 0 Å². The third-order valence-electron chi connectivity index (χ3n) is 4.94. The van der Waals surface area contributed by atoms with Gasteiger partial charge in [-0.3, -0.25) is 4.79 Å². The average molecular weight is 442 g/mol. The fraction of sp³-hybridized carbons (Fsp3) is 0.333. The van der Waals surface area contributed by atoms with Crippen molar-refractivity contribution in [3.63, 3.8) is 0 Å². The molecule has 0 N–H and O–H groups in total. The third kappa shape index (κ3) is 5.02. The van der Waals surface area contributed by atoms with Gasteiger partial charge in [-0.05, 0) is 49.2 Å². The van der Waals surface area contributed by atoms with Crippen molar-refractivity contribution in [2.24, 2.45) is 0 Å². The van der Waals surface area contributed by atoms with Gasteiger partial charge < -0.3 is 14.4 Å². The van der Waals surface area contributed by atoms with Crippen molar-refractivity contribution < 1.29 is 14.3 Å². The Morgan fingerprint density at radius 1 is 1.03 bits per heavy atom. The summed E-state index contributed by atoms with van der Waals surface area (Å²) in [7, 11) is 3.21. The first kappa shape index (κ1) is 22.7. The molecule has 0 atom stereocenters. The first-order valence-electron chi connectivity index (χ1n) is 10.4. The van der Waals surface area contributed by atoms with E-state index < -0.39 is 0 Å². The summed E-state index contributed by atoms with van der Waals surface area (Å²) in [5, 5.41) is 5.35. The predicted molar refractivity (Wildman–Crippen MR) is 124 cm³/mol. The number of amides is 1. The highest BCUT2D eigenvalue weighted by Crippen LogP contribution is 2.34. The lowest BCUT2D eigenvalue weighted by atomic mass is 10.1. The SMILES string of the molecule is CCCN(CCC)C(=O)c1cc(-c2ccc(OC)cc2OC)nn1-c1cccc(Cl)c1. The summed E-state index contributed by atoms with van der Waals surface area (Å²) < 4.78 is 12.5. The van der Waals surface area contributed by atoms with Gasteiger partial charge in [-0.2, -0.15) is 5.10 Å². The van der Waals surface area contributed by atoms with Gasteiger partial charge in [0.25, 0.3) is 5.91 Å². The maximum absolute atomic E-state index is 13.5. The fourth-order valence-corrected chi connectivity index (χ4v) is 3.68. The molecule has 0 aliphatic heterocycles. The van der Waals surface area contributed by atoms with Gasteiger partial charge in [-0.25, -0.2) is 4.68 Å². The van der Waals surface area contributed by atoms with E-state index in [0.717, 1.165) is 24.1 Å². The zero-order valence-corrected chi connectivity index (χ0v) is 19.1. The molecule has 6 nitrogen and oxygen atoms in total. The molecule has 0 saturated heterocycles. The van der Waals surface area contributed by atoms with Gasteiger partial charge in [0, 0.05) is 29.7 Å². The van der Waals surface area contributed by atoms with Crippen LogP contribution in [0.1, 0.15) is 37.2 Å². The molecule has 0 aliphatic rings. The van der Waals surface area contributed by atoms with Gasteiger partial charge in [0.2, 0.25) is 0 Å². The van der Waals surface area contributed by atoms with Crippen molar-refractivity contribution in [3.05, 3.63) is 59.2 Å². The van der Waals surface area contributed by atoms with Crippen molar-refractivity contribution in [2.75, 3.05) is 27.3 Å². The predicted octanol–water partition coefficient (Wildman–Crippen LogP) is 5.47. The van der Waals surface area contributed by atoms with Crippen LogP contribution in [0.25, 0.3) is 16.9 Å². The maximum atomic E-state index is 13.5. The van der Waals surface area contributed by atoms with Gasteiger partial charge in [0.15, 0.2) is 0 Å². The number of carbonyl (C=O) groups is 1. The minimum atomic E-state index is -0.0603. The van der Waals surface area contributed by atoms with E-state index in [9.17, 15) is 4.79 Å². The number of hydrogen-bond acceptors (Lipinski definition) is 4. The molecule has 0 unspecified atom stereocenters. The van der Waals surface area contributed by atoms with E-state index in [1.165, 1.54) is 0 Å². The largest absolute Gasteiger partial charge is 0.497 e. The Hall–Kier alpha value is -2.99. The maximum Gasteiger partial charge on any atom is 0.272 e. The van der Waals surface area contributed by atoms with E-state index >= 15 is 0 Å². The van der Waals surface area contributed by atoms with E-state index in [2.05, 4.69) is 13.8 Å². The second-order valence-electron chi connectivity index (χ2n) is 7.16. The monoisotopic (exact) mass is 441 g/mol. The van der Waals surface area contributed by atoms with Gasteiger partial charge in [-0.15, -0.1) is 0 Å².